The van der Waals surface area contributed by atoms with Crippen LogP contribution in [-0.2, 0) is 4.74 Å². The molecule has 0 aliphatic carbocycles. The second-order valence-corrected chi connectivity index (χ2v) is 6.02. The van der Waals surface area contributed by atoms with Crippen molar-refractivity contribution in [2.75, 3.05) is 32.8 Å². The molecule has 2 aliphatic heterocycles. The quantitative estimate of drug-likeness (QED) is 0.877. The van der Waals surface area contributed by atoms with Crippen molar-refractivity contribution in [3.05, 3.63) is 29.8 Å². The van der Waals surface area contributed by atoms with Crippen molar-refractivity contribution in [1.29, 1.82) is 0 Å². The van der Waals surface area contributed by atoms with E-state index in [9.17, 15) is 9.18 Å². The maximum atomic E-state index is 13.3. The number of ether oxygens (including phenoxy) is 1. The summed E-state index contributed by atoms with van der Waals surface area (Å²) in [6.07, 6.45) is 1.82. The first-order valence-corrected chi connectivity index (χ1v) is 8.01. The van der Waals surface area contributed by atoms with Crippen LogP contribution in [0.3, 0.4) is 0 Å². The van der Waals surface area contributed by atoms with Gasteiger partial charge in [-0.1, -0.05) is 0 Å². The molecule has 2 fully saturated rings. The molecule has 3 heterocycles. The number of nitrogens with zero attached hydrogens (tertiary/aromatic N) is 3. The van der Waals surface area contributed by atoms with E-state index in [1.807, 2.05) is 9.80 Å². The number of aromatic amines is 1. The number of hydrogen-bond acceptors (Lipinski definition) is 3. The van der Waals surface area contributed by atoms with Gasteiger partial charge in [-0.15, -0.1) is 0 Å². The summed E-state index contributed by atoms with van der Waals surface area (Å²) in [5, 5.41) is 0. The summed E-state index contributed by atoms with van der Waals surface area (Å²) in [4.78, 5) is 24.2. The van der Waals surface area contributed by atoms with Crippen LogP contribution in [0.15, 0.2) is 18.2 Å². The van der Waals surface area contributed by atoms with Crippen LogP contribution in [0.2, 0.25) is 0 Å². The van der Waals surface area contributed by atoms with Crippen molar-refractivity contribution in [1.82, 2.24) is 19.8 Å². The number of rotatable bonds is 1. The molecule has 0 saturated carbocycles. The lowest BCUT2D eigenvalue weighted by Crippen LogP contribution is -2.48. The Morgan fingerprint density at radius 3 is 2.96 bits per heavy atom. The number of aromatic nitrogens is 2. The number of urea groups is 1. The Balaban J connectivity index is 1.59. The number of carbonyl (C=O) groups excluding carboxylic acids is 1. The number of benzene rings is 1. The van der Waals surface area contributed by atoms with Crippen molar-refractivity contribution in [2.24, 2.45) is 0 Å². The highest BCUT2D eigenvalue weighted by Gasteiger charge is 2.35. The summed E-state index contributed by atoms with van der Waals surface area (Å²) in [6.45, 7) is 3.18. The van der Waals surface area contributed by atoms with E-state index < -0.39 is 0 Å². The van der Waals surface area contributed by atoms with Crippen LogP contribution < -0.4 is 0 Å². The van der Waals surface area contributed by atoms with Gasteiger partial charge in [-0.05, 0) is 31.0 Å². The zero-order valence-corrected chi connectivity index (χ0v) is 12.8. The fraction of sp³-hybridized carbons (Fsp3) is 0.500. The van der Waals surface area contributed by atoms with Crippen molar-refractivity contribution in [2.45, 2.75) is 18.9 Å². The molecule has 2 saturated heterocycles. The summed E-state index contributed by atoms with van der Waals surface area (Å²) in [5.41, 5.74) is 1.40. The van der Waals surface area contributed by atoms with Crippen molar-refractivity contribution in [3.63, 3.8) is 0 Å². The third-order valence-corrected chi connectivity index (χ3v) is 4.56. The van der Waals surface area contributed by atoms with Crippen LogP contribution in [0, 0.1) is 5.82 Å². The lowest BCUT2D eigenvalue weighted by atomic mass is 10.2. The highest BCUT2D eigenvalue weighted by molar-refractivity contribution is 5.77. The average Bonchev–Trinajstić information content (AvgIpc) is 3.20. The Morgan fingerprint density at radius 2 is 2.13 bits per heavy atom. The number of hydrogen-bond donors (Lipinski definition) is 1. The van der Waals surface area contributed by atoms with Gasteiger partial charge in [-0.2, -0.15) is 0 Å². The number of morpholine rings is 1. The van der Waals surface area contributed by atoms with Crippen LogP contribution in [0.1, 0.15) is 24.7 Å². The number of carbonyl (C=O) groups is 1. The van der Waals surface area contributed by atoms with Crippen molar-refractivity contribution < 1.29 is 13.9 Å². The highest BCUT2D eigenvalue weighted by atomic mass is 19.1. The predicted octanol–water partition coefficient (Wildman–Crippen LogP) is 2.29. The van der Waals surface area contributed by atoms with Gasteiger partial charge in [0.05, 0.1) is 30.3 Å². The van der Waals surface area contributed by atoms with E-state index in [0.717, 1.165) is 30.7 Å². The molecule has 122 valence electrons. The van der Waals surface area contributed by atoms with E-state index in [-0.39, 0.29) is 17.9 Å². The Hall–Kier alpha value is -2.15. The molecule has 1 atom stereocenters. The molecule has 6 nitrogen and oxygen atoms in total. The molecule has 4 rings (SSSR count). The second-order valence-electron chi connectivity index (χ2n) is 6.02. The van der Waals surface area contributed by atoms with Gasteiger partial charge in [-0.25, -0.2) is 14.2 Å². The minimum absolute atomic E-state index is 0.0439. The molecule has 0 spiro atoms. The first kappa shape index (κ1) is 14.4. The number of amides is 2. The van der Waals surface area contributed by atoms with E-state index >= 15 is 0 Å². The molecule has 0 bridgehead atoms. The molecule has 1 aromatic carbocycles. The summed E-state index contributed by atoms with van der Waals surface area (Å²) >= 11 is 0. The molecule has 1 unspecified atom stereocenters. The van der Waals surface area contributed by atoms with Crippen LogP contribution in [0.25, 0.3) is 11.0 Å². The Morgan fingerprint density at radius 1 is 1.30 bits per heavy atom. The zero-order valence-electron chi connectivity index (χ0n) is 12.8. The average molecular weight is 318 g/mol. The number of likely N-dealkylation sites (tertiary alicyclic amines) is 1. The van der Waals surface area contributed by atoms with Gasteiger partial charge in [0.2, 0.25) is 0 Å². The largest absolute Gasteiger partial charge is 0.378 e. The van der Waals surface area contributed by atoms with Gasteiger partial charge in [-0.3, -0.25) is 0 Å². The predicted molar refractivity (Wildman–Crippen MR) is 82.5 cm³/mol. The minimum Gasteiger partial charge on any atom is -0.378 e. The lowest BCUT2D eigenvalue weighted by molar-refractivity contribution is 0.0419. The maximum Gasteiger partial charge on any atom is 0.320 e. The Bertz CT molecular complexity index is 726. The topological polar surface area (TPSA) is 61.5 Å². The molecular formula is C16H19FN4O2. The summed E-state index contributed by atoms with van der Waals surface area (Å²) < 4.78 is 18.6. The molecule has 1 aromatic heterocycles. The van der Waals surface area contributed by atoms with Gasteiger partial charge in [0.25, 0.3) is 0 Å². The van der Waals surface area contributed by atoms with Crippen LogP contribution in [0.5, 0.6) is 0 Å². The highest BCUT2D eigenvalue weighted by Crippen LogP contribution is 2.32. The molecule has 7 heteroatoms. The monoisotopic (exact) mass is 318 g/mol. The molecule has 2 aliphatic rings. The lowest BCUT2D eigenvalue weighted by Gasteiger charge is -2.33. The Labute approximate surface area is 133 Å². The summed E-state index contributed by atoms with van der Waals surface area (Å²) in [6, 6.07) is 4.48. The number of fused-ring (bicyclic) bond motifs is 1. The summed E-state index contributed by atoms with van der Waals surface area (Å²) in [7, 11) is 0. The second kappa shape index (κ2) is 5.81. The van der Waals surface area contributed by atoms with E-state index in [1.54, 1.807) is 6.07 Å². The fourth-order valence-corrected chi connectivity index (χ4v) is 3.38. The fourth-order valence-electron chi connectivity index (χ4n) is 3.38. The van der Waals surface area contributed by atoms with Gasteiger partial charge in [0, 0.05) is 19.6 Å². The minimum atomic E-state index is -0.291. The third-order valence-electron chi connectivity index (χ3n) is 4.56. The zero-order chi connectivity index (χ0) is 15.8. The van der Waals surface area contributed by atoms with Crippen molar-refractivity contribution in [3.8, 4) is 0 Å². The van der Waals surface area contributed by atoms with Gasteiger partial charge < -0.3 is 19.5 Å². The van der Waals surface area contributed by atoms with E-state index in [1.165, 1.54) is 12.1 Å². The van der Waals surface area contributed by atoms with E-state index in [4.69, 9.17) is 4.74 Å². The van der Waals surface area contributed by atoms with Gasteiger partial charge in [0.15, 0.2) is 0 Å². The molecule has 0 radical (unpaired) electrons. The Kier molecular flexibility index (Phi) is 3.65. The number of H-pyrrole nitrogens is 1. The van der Waals surface area contributed by atoms with Gasteiger partial charge in [0.1, 0.15) is 11.6 Å². The smallest absolute Gasteiger partial charge is 0.320 e. The normalized spacial score (nSPS) is 22.0. The van der Waals surface area contributed by atoms with Crippen LogP contribution in [-0.4, -0.2) is 58.6 Å². The number of imidazole rings is 1. The summed E-state index contributed by atoms with van der Waals surface area (Å²) in [5.74, 6) is 0.449. The first-order chi connectivity index (χ1) is 11.2. The van der Waals surface area contributed by atoms with E-state index in [0.29, 0.717) is 31.8 Å². The van der Waals surface area contributed by atoms with Gasteiger partial charge >= 0.3 is 6.03 Å². The number of halogens is 1. The molecule has 2 aromatic rings. The van der Waals surface area contributed by atoms with Crippen LogP contribution in [0.4, 0.5) is 9.18 Å². The molecule has 23 heavy (non-hydrogen) atoms. The number of nitrogens with one attached hydrogen (secondary N) is 1. The third kappa shape index (κ3) is 2.65. The van der Waals surface area contributed by atoms with Crippen molar-refractivity contribution >= 4 is 17.1 Å². The molecular weight excluding hydrogens is 299 g/mol. The van der Waals surface area contributed by atoms with Crippen LogP contribution >= 0.6 is 0 Å². The standard InChI is InChI=1S/C16H19FN4O2/c17-11-3-4-12-13(10-11)19-15(18-12)14-2-1-5-21(14)16(22)20-6-8-23-9-7-20/h3-4,10,14H,1-2,5-9H2,(H,18,19). The first-order valence-electron chi connectivity index (χ1n) is 8.01. The van der Waals surface area contributed by atoms with E-state index in [2.05, 4.69) is 9.97 Å². The SMILES string of the molecule is O=C(N1CCOCC1)N1CCCC1c1nc2ccc(F)cc2[nH]1. The molecule has 1 N–H and O–H groups in total. The maximum absolute atomic E-state index is 13.3. The molecule has 2 amide bonds.